The van der Waals surface area contributed by atoms with Gasteiger partial charge in [-0.25, -0.2) is 27.7 Å². The first-order valence-corrected chi connectivity index (χ1v) is 21.5. The molecule has 62 heavy (non-hydrogen) atoms. The fourth-order valence-corrected chi connectivity index (χ4v) is 10.9. The van der Waals surface area contributed by atoms with Gasteiger partial charge in [-0.15, -0.1) is 6.42 Å². The summed E-state index contributed by atoms with van der Waals surface area (Å²) >= 11 is 0. The molecule has 5 aliphatic rings. The van der Waals surface area contributed by atoms with Crippen LogP contribution in [0.4, 0.5) is 23.8 Å². The normalized spacial score (nSPS) is 26.0. The molecule has 2 aromatic carbocycles. The number of halogens is 3. The van der Waals surface area contributed by atoms with E-state index >= 15 is 13.2 Å². The number of nitrogens with zero attached hydrogens (tertiary/aromatic N) is 6. The minimum Gasteiger partial charge on any atom is -0.458 e. The smallest absolute Gasteiger partial charge is 0.458 e. The van der Waals surface area contributed by atoms with E-state index in [0.717, 1.165) is 32.2 Å². The highest BCUT2D eigenvalue weighted by Gasteiger charge is 2.51. The number of aromatic nitrogens is 3. The molecule has 0 spiro atoms. The Morgan fingerprint density at radius 1 is 1.03 bits per heavy atom. The van der Waals surface area contributed by atoms with Gasteiger partial charge >= 0.3 is 18.0 Å². The Hall–Kier alpha value is -5.66. The number of pyridine rings is 1. The molecule has 0 N–H and O–H groups in total. The van der Waals surface area contributed by atoms with E-state index in [2.05, 4.69) is 27.5 Å². The van der Waals surface area contributed by atoms with Gasteiger partial charge in [0.1, 0.15) is 46.6 Å². The molecule has 324 valence electrons. The predicted octanol–water partition coefficient (Wildman–Crippen LogP) is 7.64. The number of fused-ring (bicyclic) bond motifs is 7. The number of alkyl halides is 1. The number of ether oxygens (including phenoxy) is 3. The van der Waals surface area contributed by atoms with Crippen LogP contribution >= 0.6 is 0 Å². The number of carbonyl (C=O) groups excluding carboxylic acids is 1. The van der Waals surface area contributed by atoms with Crippen molar-refractivity contribution >= 4 is 33.6 Å². The third-order valence-electron chi connectivity index (χ3n) is 13.5. The molecule has 0 aliphatic carbocycles. The number of hydrogen-bond acceptors (Lipinski definition) is 13. The van der Waals surface area contributed by atoms with Gasteiger partial charge in [0, 0.05) is 48.2 Å². The molecule has 0 saturated carbocycles. The van der Waals surface area contributed by atoms with Crippen LogP contribution in [0.15, 0.2) is 37.9 Å². The molecular formula is C46H47F3N6O7. The topological polar surface area (TPSA) is 136 Å². The Labute approximate surface area is 355 Å². The van der Waals surface area contributed by atoms with Gasteiger partial charge in [-0.05, 0) is 102 Å². The van der Waals surface area contributed by atoms with Crippen LogP contribution in [0.5, 0.6) is 11.8 Å². The zero-order valence-electron chi connectivity index (χ0n) is 35.0. The van der Waals surface area contributed by atoms with E-state index in [-0.39, 0.29) is 69.6 Å². The molecule has 4 saturated heterocycles. The number of benzene rings is 2. The summed E-state index contributed by atoms with van der Waals surface area (Å²) in [5, 5.41) is 1.02. The maximum absolute atomic E-state index is 17.9. The van der Waals surface area contributed by atoms with Crippen molar-refractivity contribution in [2.24, 2.45) is 5.92 Å². The van der Waals surface area contributed by atoms with Crippen LogP contribution in [0.3, 0.4) is 0 Å². The minimum atomic E-state index is -0.993. The van der Waals surface area contributed by atoms with Gasteiger partial charge in [-0.1, -0.05) is 18.9 Å². The van der Waals surface area contributed by atoms with Crippen molar-refractivity contribution < 1.29 is 41.0 Å². The number of terminal acetylenes is 1. The van der Waals surface area contributed by atoms with Crippen molar-refractivity contribution in [2.75, 3.05) is 24.5 Å². The maximum Gasteiger partial charge on any atom is 0.519 e. The summed E-state index contributed by atoms with van der Waals surface area (Å²) in [6.07, 6.45) is 7.67. The van der Waals surface area contributed by atoms with Gasteiger partial charge in [0.25, 0.3) is 0 Å². The molecule has 3 aromatic heterocycles. The number of carbonyl (C=O) groups is 1. The lowest BCUT2D eigenvalue weighted by molar-refractivity contribution is 0.0729. The quantitative estimate of drug-likeness (QED) is 0.0902. The third-order valence-corrected chi connectivity index (χ3v) is 13.5. The van der Waals surface area contributed by atoms with Crippen molar-refractivity contribution in [1.29, 1.82) is 0 Å². The number of rotatable bonds is 7. The first-order valence-electron chi connectivity index (χ1n) is 21.5. The van der Waals surface area contributed by atoms with E-state index in [1.807, 2.05) is 0 Å². The van der Waals surface area contributed by atoms with Crippen molar-refractivity contribution in [1.82, 2.24) is 24.8 Å². The molecule has 5 aromatic rings. The molecule has 13 nitrogen and oxygen atoms in total. The second-order valence-corrected chi connectivity index (χ2v) is 17.7. The van der Waals surface area contributed by atoms with Crippen LogP contribution in [0.1, 0.15) is 82.1 Å². The van der Waals surface area contributed by atoms with Crippen LogP contribution in [-0.4, -0.2) is 93.1 Å². The highest BCUT2D eigenvalue weighted by Crippen LogP contribution is 2.47. The summed E-state index contributed by atoms with van der Waals surface area (Å²) in [6, 6.07) is 5.44. The lowest BCUT2D eigenvalue weighted by atomic mass is 9.88. The molecule has 0 amide bonds. The fraction of sp³-hybridized carbons (Fsp3) is 0.500. The monoisotopic (exact) mass is 852 g/mol. The molecule has 4 fully saturated rings. The van der Waals surface area contributed by atoms with E-state index in [9.17, 15) is 9.59 Å². The molecule has 7 atom stereocenters. The number of anilines is 1. The van der Waals surface area contributed by atoms with Crippen molar-refractivity contribution in [3.05, 3.63) is 69.3 Å². The van der Waals surface area contributed by atoms with Crippen molar-refractivity contribution in [2.45, 2.75) is 122 Å². The largest absolute Gasteiger partial charge is 0.519 e. The van der Waals surface area contributed by atoms with Crippen LogP contribution in [0, 0.1) is 36.8 Å². The van der Waals surface area contributed by atoms with E-state index < -0.39 is 42.0 Å². The highest BCUT2D eigenvalue weighted by molar-refractivity contribution is 6.04. The van der Waals surface area contributed by atoms with Crippen LogP contribution < -0.4 is 20.2 Å². The maximum atomic E-state index is 17.9. The van der Waals surface area contributed by atoms with Gasteiger partial charge in [0.05, 0.1) is 29.3 Å². The fourth-order valence-electron chi connectivity index (χ4n) is 10.9. The number of aryl methyl sites for hydroxylation is 1. The first kappa shape index (κ1) is 40.4. The van der Waals surface area contributed by atoms with E-state index in [1.54, 1.807) is 20.8 Å². The highest BCUT2D eigenvalue weighted by atomic mass is 19.1. The summed E-state index contributed by atoms with van der Waals surface area (Å²) < 4.78 is 76.7. The van der Waals surface area contributed by atoms with Crippen LogP contribution in [0.2, 0.25) is 0 Å². The number of piperazine rings is 1. The SMILES string of the molecule is C#Cc1c(F)ccc2cc(OC(=O)OC(C)C)cc(-c3nc4c5c(nc(OC6CC[C@@H](F)CN7CCC[C@H]67)nc5c3F)N3C[C@H]5CC[C@@H]([C@@H]3[C@@H](C)C4)N5Cc3oc(=O)oc3C)c12. The summed E-state index contributed by atoms with van der Waals surface area (Å²) in [6.45, 7) is 9.24. The van der Waals surface area contributed by atoms with Crippen molar-refractivity contribution in [3.63, 3.8) is 0 Å². The van der Waals surface area contributed by atoms with Gasteiger partial charge in [-0.3, -0.25) is 9.80 Å². The zero-order chi connectivity index (χ0) is 43.1. The van der Waals surface area contributed by atoms with Gasteiger partial charge in [0.15, 0.2) is 11.6 Å². The van der Waals surface area contributed by atoms with E-state index in [1.165, 1.54) is 24.3 Å². The lowest BCUT2D eigenvalue weighted by Gasteiger charge is -2.49. The predicted molar refractivity (Wildman–Crippen MR) is 222 cm³/mol. The average Bonchev–Trinajstić information content (AvgIpc) is 3.84. The summed E-state index contributed by atoms with van der Waals surface area (Å²) in [5.41, 5.74) is 0.292. The van der Waals surface area contributed by atoms with Crippen LogP contribution in [-0.2, 0) is 17.7 Å². The van der Waals surface area contributed by atoms with Gasteiger partial charge in [-0.2, -0.15) is 9.97 Å². The second kappa shape index (κ2) is 15.6. The Bertz CT molecular complexity index is 2720. The van der Waals surface area contributed by atoms with Gasteiger partial charge < -0.3 is 27.9 Å². The molecule has 16 heteroatoms. The molecule has 8 heterocycles. The molecule has 0 radical (unpaired) electrons. The molecule has 10 rings (SSSR count). The Morgan fingerprint density at radius 2 is 1.87 bits per heavy atom. The Morgan fingerprint density at radius 3 is 2.65 bits per heavy atom. The van der Waals surface area contributed by atoms with Crippen molar-refractivity contribution in [3.8, 4) is 35.4 Å². The standard InChI is InChI=1S/C46H47F3N6O7/c1-6-29-31(48)12-9-25-17-28(60-45(56)58-22(2)3)18-30(37(25)29)40-39(49)41-38-32(50-40)16-23(4)42-34-13-11-27(54(34)21-36-24(5)59-46(57)62-36)20-55(42)43(38)52-44(51-41)61-35-14-10-26(47)19-53-15-7-8-33(35)53/h1,9,12,17-18,22-23,26-27,33-35,42H,7-8,10-11,13-16,19-21H2,2-5H3/t23-,26+,27+,33+,34-,35?,42-/m0/s1. The Balaban J connectivity index is 1.16. The third kappa shape index (κ3) is 6.93. The lowest BCUT2D eigenvalue weighted by Crippen LogP contribution is -2.61. The Kier molecular flexibility index (Phi) is 10.2. The van der Waals surface area contributed by atoms with Crippen LogP contribution in [0.25, 0.3) is 32.9 Å². The molecular weight excluding hydrogens is 806 g/mol. The molecule has 5 aliphatic heterocycles. The number of hydrogen-bond donors (Lipinski definition) is 0. The van der Waals surface area contributed by atoms with E-state index in [0.29, 0.717) is 72.7 Å². The summed E-state index contributed by atoms with van der Waals surface area (Å²) in [4.78, 5) is 46.6. The van der Waals surface area contributed by atoms with E-state index in [4.69, 9.17) is 44.4 Å². The first-order chi connectivity index (χ1) is 29.8. The van der Waals surface area contributed by atoms with Gasteiger partial charge in [0.2, 0.25) is 0 Å². The average molecular weight is 853 g/mol. The molecule has 2 bridgehead atoms. The minimum absolute atomic E-state index is 0.00344. The molecule has 1 unspecified atom stereocenters. The summed E-state index contributed by atoms with van der Waals surface area (Å²) in [5.74, 6) is 1.54. The summed E-state index contributed by atoms with van der Waals surface area (Å²) in [7, 11) is 0. The second-order valence-electron chi connectivity index (χ2n) is 17.7. The zero-order valence-corrected chi connectivity index (χ0v) is 35.0.